The maximum absolute atomic E-state index is 14.2. The third-order valence-electron chi connectivity index (χ3n) is 5.81. The summed E-state index contributed by atoms with van der Waals surface area (Å²) in [5.41, 5.74) is -4.56. The summed E-state index contributed by atoms with van der Waals surface area (Å²) in [7, 11) is 1.08. The molecule has 1 saturated carbocycles. The average Bonchev–Trinajstić information content (AvgIpc) is 3.61. The Hall–Kier alpha value is -3.47. The number of rotatable bonds is 6. The van der Waals surface area contributed by atoms with Crippen LogP contribution in [-0.2, 0) is 11.2 Å². The quantitative estimate of drug-likeness (QED) is 0.542. The van der Waals surface area contributed by atoms with E-state index < -0.39 is 47.3 Å². The third kappa shape index (κ3) is 4.00. The Balaban J connectivity index is 1.82. The summed E-state index contributed by atoms with van der Waals surface area (Å²) in [5, 5.41) is 14.9. The van der Waals surface area contributed by atoms with Gasteiger partial charge in [0.05, 0.1) is 18.2 Å². The van der Waals surface area contributed by atoms with Gasteiger partial charge in [-0.3, -0.25) is 4.79 Å². The number of carbonyl (C=O) groups excluding carboxylic acids is 1. The molecule has 0 aliphatic heterocycles. The summed E-state index contributed by atoms with van der Waals surface area (Å²) in [6.45, 7) is 1.54. The van der Waals surface area contributed by atoms with Crippen molar-refractivity contribution in [3.05, 3.63) is 63.9 Å². The van der Waals surface area contributed by atoms with Crippen LogP contribution in [0.2, 0.25) is 0 Å². The van der Waals surface area contributed by atoms with E-state index in [4.69, 9.17) is 4.74 Å². The summed E-state index contributed by atoms with van der Waals surface area (Å²) in [5.74, 6) is -3.02. The molecule has 1 fully saturated rings. The molecule has 180 valence electrons. The van der Waals surface area contributed by atoms with Crippen LogP contribution in [0.15, 0.2) is 45.7 Å². The molecule has 1 unspecified atom stereocenters. The summed E-state index contributed by atoms with van der Waals surface area (Å²) in [4.78, 5) is 26.2. The number of para-hydroxylation sites is 1. The van der Waals surface area contributed by atoms with Crippen molar-refractivity contribution in [1.29, 1.82) is 0 Å². The standard InChI is InChI=1S/C23H20F4N2O5/c1-12-17-10-15(8-9-16(17)20(30)34-28-12)29(14-6-7-14)21(31)22(32,23(25,26)27)11-13-4-3-5-18(24)19(13)33-2/h3-5,8-10,14,32H,6-7,11H2,1-2H3. The molecule has 1 atom stereocenters. The number of amides is 1. The molecule has 1 amide bonds. The van der Waals surface area contributed by atoms with Gasteiger partial charge in [-0.2, -0.15) is 13.2 Å². The lowest BCUT2D eigenvalue weighted by molar-refractivity contribution is -0.250. The van der Waals surface area contributed by atoms with Gasteiger partial charge in [0.15, 0.2) is 11.6 Å². The topological polar surface area (TPSA) is 92.9 Å². The number of aryl methyl sites for hydroxylation is 1. The highest BCUT2D eigenvalue weighted by molar-refractivity contribution is 6.02. The number of hydrogen-bond acceptors (Lipinski definition) is 6. The average molecular weight is 480 g/mol. The summed E-state index contributed by atoms with van der Waals surface area (Å²) < 4.78 is 66.2. The first-order chi connectivity index (χ1) is 16.0. The number of fused-ring (bicyclic) bond motifs is 1. The van der Waals surface area contributed by atoms with Gasteiger partial charge in [-0.1, -0.05) is 17.3 Å². The molecule has 0 bridgehead atoms. The number of benzene rings is 2. The minimum absolute atomic E-state index is 0.0596. The van der Waals surface area contributed by atoms with Gasteiger partial charge in [-0.25, -0.2) is 9.18 Å². The van der Waals surface area contributed by atoms with E-state index in [9.17, 15) is 32.3 Å². The normalized spacial score (nSPS) is 15.7. The Morgan fingerprint density at radius 2 is 1.94 bits per heavy atom. The Morgan fingerprint density at radius 1 is 1.24 bits per heavy atom. The van der Waals surface area contributed by atoms with Crippen LogP contribution in [0.4, 0.5) is 23.2 Å². The van der Waals surface area contributed by atoms with Crippen molar-refractivity contribution < 1.29 is 36.7 Å². The van der Waals surface area contributed by atoms with E-state index in [0.717, 1.165) is 30.2 Å². The van der Waals surface area contributed by atoms with E-state index >= 15 is 0 Å². The fourth-order valence-corrected chi connectivity index (χ4v) is 3.89. The molecule has 0 radical (unpaired) electrons. The van der Waals surface area contributed by atoms with Crippen LogP contribution < -0.4 is 15.3 Å². The van der Waals surface area contributed by atoms with Gasteiger partial charge in [0, 0.05) is 29.1 Å². The molecular formula is C23H20F4N2O5. The number of aromatic nitrogens is 1. The highest BCUT2D eigenvalue weighted by Crippen LogP contribution is 2.42. The third-order valence-corrected chi connectivity index (χ3v) is 5.81. The van der Waals surface area contributed by atoms with Crippen molar-refractivity contribution in [2.45, 2.75) is 44.0 Å². The highest BCUT2D eigenvalue weighted by atomic mass is 19.4. The predicted octanol–water partition coefficient (Wildman–Crippen LogP) is 3.68. The smallest absolute Gasteiger partial charge is 0.426 e. The molecule has 7 nitrogen and oxygen atoms in total. The van der Waals surface area contributed by atoms with Gasteiger partial charge in [0.1, 0.15) is 0 Å². The zero-order chi connectivity index (χ0) is 24.8. The van der Waals surface area contributed by atoms with E-state index in [0.29, 0.717) is 23.9 Å². The van der Waals surface area contributed by atoms with Crippen LogP contribution in [0.1, 0.15) is 24.1 Å². The molecule has 3 aromatic rings. The lowest BCUT2D eigenvalue weighted by Gasteiger charge is -2.35. The Bertz CT molecular complexity index is 1320. The summed E-state index contributed by atoms with van der Waals surface area (Å²) in [6, 6.07) is 6.74. The van der Waals surface area contributed by atoms with Gasteiger partial charge in [-0.05, 0) is 44.0 Å². The molecular weight excluding hydrogens is 460 g/mol. The van der Waals surface area contributed by atoms with Crippen molar-refractivity contribution in [2.24, 2.45) is 0 Å². The lowest BCUT2D eigenvalue weighted by atomic mass is 9.91. The highest BCUT2D eigenvalue weighted by Gasteiger charge is 2.62. The van der Waals surface area contributed by atoms with Crippen LogP contribution >= 0.6 is 0 Å². The van der Waals surface area contributed by atoms with Gasteiger partial charge < -0.3 is 19.3 Å². The van der Waals surface area contributed by atoms with Crippen molar-refractivity contribution in [2.75, 3.05) is 12.0 Å². The van der Waals surface area contributed by atoms with Crippen molar-refractivity contribution in [3.8, 4) is 5.75 Å². The maximum atomic E-state index is 14.2. The maximum Gasteiger partial charge on any atom is 0.426 e. The summed E-state index contributed by atoms with van der Waals surface area (Å²) in [6.07, 6.45) is -5.79. The molecule has 0 spiro atoms. The van der Waals surface area contributed by atoms with Crippen molar-refractivity contribution in [1.82, 2.24) is 5.16 Å². The second-order valence-electron chi connectivity index (χ2n) is 8.16. The fourth-order valence-electron chi connectivity index (χ4n) is 3.89. The van der Waals surface area contributed by atoms with Crippen molar-refractivity contribution >= 4 is 22.4 Å². The van der Waals surface area contributed by atoms with Crippen LogP contribution in [0, 0.1) is 12.7 Å². The van der Waals surface area contributed by atoms with Crippen LogP contribution in [0.5, 0.6) is 5.75 Å². The van der Waals surface area contributed by atoms with Gasteiger partial charge in [0.25, 0.3) is 5.91 Å². The van der Waals surface area contributed by atoms with Crippen LogP contribution in [-0.4, -0.2) is 41.1 Å². The van der Waals surface area contributed by atoms with E-state index in [1.807, 2.05) is 0 Å². The van der Waals surface area contributed by atoms with E-state index in [1.54, 1.807) is 6.92 Å². The molecule has 4 rings (SSSR count). The van der Waals surface area contributed by atoms with Crippen LogP contribution in [0.3, 0.4) is 0 Å². The Morgan fingerprint density at radius 3 is 2.56 bits per heavy atom. The Labute approximate surface area is 190 Å². The van der Waals surface area contributed by atoms with Gasteiger partial charge in [-0.15, -0.1) is 0 Å². The minimum atomic E-state index is -5.38. The number of alkyl halides is 3. The monoisotopic (exact) mass is 480 g/mol. The van der Waals surface area contributed by atoms with Crippen LogP contribution in [0.25, 0.3) is 10.8 Å². The number of ether oxygens (including phenoxy) is 1. The van der Waals surface area contributed by atoms with Gasteiger partial charge >= 0.3 is 11.8 Å². The number of anilines is 1. The first-order valence-electron chi connectivity index (χ1n) is 10.3. The molecule has 11 heteroatoms. The van der Waals surface area contributed by atoms with E-state index in [1.165, 1.54) is 18.2 Å². The molecule has 2 aromatic carbocycles. The first kappa shape index (κ1) is 23.7. The molecule has 34 heavy (non-hydrogen) atoms. The van der Waals surface area contributed by atoms with Gasteiger partial charge in [0.2, 0.25) is 5.60 Å². The Kier molecular flexibility index (Phi) is 5.84. The SMILES string of the molecule is COc1c(F)cccc1CC(O)(C(=O)N(c1ccc2c(=O)onc(C)c2c1)C1CC1)C(F)(F)F. The number of halogens is 4. The number of hydrogen-bond donors (Lipinski definition) is 1. The number of carbonyl (C=O) groups is 1. The zero-order valence-corrected chi connectivity index (χ0v) is 18.1. The molecule has 1 heterocycles. The minimum Gasteiger partial charge on any atom is -0.493 e. The molecule has 1 aliphatic rings. The molecule has 1 aliphatic carbocycles. The van der Waals surface area contributed by atoms with E-state index in [-0.39, 0.29) is 16.6 Å². The molecule has 0 saturated heterocycles. The predicted molar refractivity (Wildman–Crippen MR) is 113 cm³/mol. The number of aliphatic hydroxyl groups is 1. The molecule has 1 aromatic heterocycles. The number of methoxy groups -OCH3 is 1. The summed E-state index contributed by atoms with van der Waals surface area (Å²) >= 11 is 0. The van der Waals surface area contributed by atoms with E-state index in [2.05, 4.69) is 9.68 Å². The zero-order valence-electron chi connectivity index (χ0n) is 18.1. The fraction of sp³-hybridized carbons (Fsp3) is 0.348. The number of nitrogens with zero attached hydrogens (tertiary/aromatic N) is 2. The largest absolute Gasteiger partial charge is 0.493 e. The molecule has 1 N–H and O–H groups in total. The first-order valence-corrected chi connectivity index (χ1v) is 10.3. The lowest BCUT2D eigenvalue weighted by Crippen LogP contribution is -2.60. The van der Waals surface area contributed by atoms with Crippen molar-refractivity contribution in [3.63, 3.8) is 0 Å². The second kappa shape index (κ2) is 8.39. The second-order valence-corrected chi connectivity index (χ2v) is 8.16.